The fraction of sp³-hybridized carbons (Fsp3) is 0.625. The highest BCUT2D eigenvalue weighted by Crippen LogP contribution is 2.36. The molecular formula is C16H23ClF4N2O2. The molecule has 0 aliphatic carbocycles. The summed E-state index contributed by atoms with van der Waals surface area (Å²) in [7, 11) is 0. The Balaban J connectivity index is 0.00000312. The van der Waals surface area contributed by atoms with E-state index in [0.717, 1.165) is 13.1 Å². The maximum absolute atomic E-state index is 13.3. The zero-order chi connectivity index (χ0) is 17.6. The maximum atomic E-state index is 13.3. The average Bonchev–Trinajstić information content (AvgIpc) is 2.57. The summed E-state index contributed by atoms with van der Waals surface area (Å²) in [5.74, 6) is -0.246. The van der Waals surface area contributed by atoms with Gasteiger partial charge in [0.25, 0.3) is 0 Å². The van der Waals surface area contributed by atoms with Crippen LogP contribution < -0.4 is 10.1 Å². The molecule has 4 nitrogen and oxygen atoms in total. The Morgan fingerprint density at radius 3 is 2.44 bits per heavy atom. The van der Waals surface area contributed by atoms with E-state index in [1.165, 1.54) is 12.1 Å². The van der Waals surface area contributed by atoms with E-state index in [0.29, 0.717) is 31.5 Å². The number of para-hydroxylation sites is 1. The lowest BCUT2D eigenvalue weighted by Gasteiger charge is -2.36. The number of hydrogen-bond donors (Lipinski definition) is 2. The number of benzene rings is 1. The molecule has 2 rings (SSSR count). The van der Waals surface area contributed by atoms with Gasteiger partial charge in [0, 0.05) is 44.4 Å². The van der Waals surface area contributed by atoms with Crippen molar-refractivity contribution in [3.63, 3.8) is 0 Å². The summed E-state index contributed by atoms with van der Waals surface area (Å²) in [6.45, 7) is 2.89. The van der Waals surface area contributed by atoms with E-state index in [4.69, 9.17) is 5.11 Å². The van der Waals surface area contributed by atoms with Gasteiger partial charge in [0.2, 0.25) is 0 Å². The van der Waals surface area contributed by atoms with Crippen LogP contribution in [0.1, 0.15) is 24.4 Å². The van der Waals surface area contributed by atoms with Crippen molar-refractivity contribution in [2.24, 2.45) is 0 Å². The normalized spacial score (nSPS) is 17.2. The van der Waals surface area contributed by atoms with Gasteiger partial charge in [-0.2, -0.15) is 17.6 Å². The number of alkyl halides is 4. The summed E-state index contributed by atoms with van der Waals surface area (Å²) in [5, 5.41) is 12.3. The largest absolute Gasteiger partial charge is 0.461 e. The van der Waals surface area contributed by atoms with E-state index in [1.807, 2.05) is 0 Å². The van der Waals surface area contributed by atoms with Crippen LogP contribution in [0.3, 0.4) is 0 Å². The molecule has 1 atom stereocenters. The van der Waals surface area contributed by atoms with Gasteiger partial charge < -0.3 is 15.2 Å². The van der Waals surface area contributed by atoms with Crippen molar-refractivity contribution in [1.29, 1.82) is 0 Å². The minimum absolute atomic E-state index is 0. The third-order valence-corrected chi connectivity index (χ3v) is 4.01. The zero-order valence-corrected chi connectivity index (χ0v) is 14.5. The summed E-state index contributed by atoms with van der Waals surface area (Å²) in [6, 6.07) is 5.75. The first-order valence-corrected chi connectivity index (χ1v) is 7.95. The molecule has 0 aromatic heterocycles. The molecule has 1 heterocycles. The molecule has 1 saturated heterocycles. The van der Waals surface area contributed by atoms with Crippen molar-refractivity contribution in [2.75, 3.05) is 32.8 Å². The Hall–Kier alpha value is -1.09. The molecule has 0 saturated carbocycles. The fourth-order valence-electron chi connectivity index (χ4n) is 2.85. The zero-order valence-electron chi connectivity index (χ0n) is 13.6. The summed E-state index contributed by atoms with van der Waals surface area (Å²) in [5.41, 5.74) is 0.438. The molecule has 1 aromatic rings. The lowest BCUT2D eigenvalue weighted by atomic mass is 9.98. The Morgan fingerprint density at radius 2 is 1.84 bits per heavy atom. The number of nitrogens with one attached hydrogen (secondary N) is 1. The van der Waals surface area contributed by atoms with Crippen molar-refractivity contribution in [3.05, 3.63) is 29.8 Å². The molecule has 1 aromatic carbocycles. The van der Waals surface area contributed by atoms with Crippen LogP contribution in [0.2, 0.25) is 0 Å². The molecule has 1 aliphatic heterocycles. The first-order valence-electron chi connectivity index (χ1n) is 7.95. The second-order valence-corrected chi connectivity index (χ2v) is 5.67. The van der Waals surface area contributed by atoms with Crippen LogP contribution in [-0.4, -0.2) is 55.3 Å². The van der Waals surface area contributed by atoms with Gasteiger partial charge in [-0.05, 0) is 18.9 Å². The van der Waals surface area contributed by atoms with Crippen LogP contribution in [0.4, 0.5) is 17.6 Å². The standard InChI is InChI=1S/C16H22F4N2O2.ClH/c17-15(18)16(19,20)24-14-6-2-1-4-12(14)13(5-3-11-23)22-9-7-21-8-10-22;/h1-2,4,6,13,15,21,23H,3,5,7-11H2;1H/t13-;/m0./s1. The number of hydrogen-bond acceptors (Lipinski definition) is 4. The monoisotopic (exact) mass is 386 g/mol. The Labute approximate surface area is 150 Å². The van der Waals surface area contributed by atoms with Gasteiger partial charge in [-0.3, -0.25) is 4.90 Å². The fourth-order valence-corrected chi connectivity index (χ4v) is 2.85. The van der Waals surface area contributed by atoms with Crippen LogP contribution >= 0.6 is 12.4 Å². The number of rotatable bonds is 8. The summed E-state index contributed by atoms with van der Waals surface area (Å²) in [6.07, 6.45) is -7.44. The number of piperazine rings is 1. The van der Waals surface area contributed by atoms with Gasteiger partial charge in [-0.25, -0.2) is 0 Å². The van der Waals surface area contributed by atoms with Crippen molar-refractivity contribution >= 4 is 12.4 Å². The summed E-state index contributed by atoms with van der Waals surface area (Å²) < 4.78 is 55.9. The van der Waals surface area contributed by atoms with Gasteiger partial charge in [0.15, 0.2) is 0 Å². The molecular weight excluding hydrogens is 364 g/mol. The number of halogens is 5. The first-order chi connectivity index (χ1) is 11.5. The molecule has 1 aliphatic rings. The van der Waals surface area contributed by atoms with E-state index in [9.17, 15) is 17.6 Å². The lowest BCUT2D eigenvalue weighted by Crippen LogP contribution is -2.45. The van der Waals surface area contributed by atoms with Crippen molar-refractivity contribution in [3.8, 4) is 5.75 Å². The second kappa shape index (κ2) is 10.2. The molecule has 0 radical (unpaired) electrons. The molecule has 25 heavy (non-hydrogen) atoms. The van der Waals surface area contributed by atoms with E-state index in [-0.39, 0.29) is 30.8 Å². The lowest BCUT2D eigenvalue weighted by molar-refractivity contribution is -0.253. The predicted octanol–water partition coefficient (Wildman–Crippen LogP) is 3.06. The number of nitrogens with zero attached hydrogens (tertiary/aromatic N) is 1. The molecule has 0 unspecified atom stereocenters. The predicted molar refractivity (Wildman–Crippen MR) is 88.8 cm³/mol. The van der Waals surface area contributed by atoms with Crippen LogP contribution in [0.5, 0.6) is 5.75 Å². The van der Waals surface area contributed by atoms with Crippen LogP contribution in [0.15, 0.2) is 24.3 Å². The van der Waals surface area contributed by atoms with E-state index < -0.39 is 12.5 Å². The van der Waals surface area contributed by atoms with Gasteiger partial charge in [0.1, 0.15) is 5.75 Å². The number of aliphatic hydroxyl groups is 1. The van der Waals surface area contributed by atoms with Crippen LogP contribution in [0.25, 0.3) is 0 Å². The highest BCUT2D eigenvalue weighted by Gasteiger charge is 2.44. The molecule has 9 heteroatoms. The Kier molecular flexibility index (Phi) is 8.92. The molecule has 1 fully saturated rings. The minimum atomic E-state index is -4.54. The third kappa shape index (κ3) is 5.99. The molecule has 144 valence electrons. The van der Waals surface area contributed by atoms with Crippen molar-refractivity contribution in [2.45, 2.75) is 31.4 Å². The second-order valence-electron chi connectivity index (χ2n) is 5.67. The van der Waals surface area contributed by atoms with Gasteiger partial charge in [-0.1, -0.05) is 18.2 Å². The third-order valence-electron chi connectivity index (χ3n) is 4.01. The van der Waals surface area contributed by atoms with Crippen molar-refractivity contribution < 1.29 is 27.4 Å². The molecule has 0 bridgehead atoms. The summed E-state index contributed by atoms with van der Waals surface area (Å²) >= 11 is 0. The number of aliphatic hydroxyl groups excluding tert-OH is 1. The molecule has 0 amide bonds. The Morgan fingerprint density at radius 1 is 1.20 bits per heavy atom. The van der Waals surface area contributed by atoms with Gasteiger partial charge >= 0.3 is 12.5 Å². The maximum Gasteiger partial charge on any atom is 0.461 e. The SMILES string of the molecule is Cl.OCCC[C@@H](c1ccccc1OC(F)(F)C(F)F)N1CCNCC1. The topological polar surface area (TPSA) is 44.7 Å². The van der Waals surface area contributed by atoms with Gasteiger partial charge in [0.05, 0.1) is 0 Å². The van der Waals surface area contributed by atoms with Crippen LogP contribution in [-0.2, 0) is 0 Å². The van der Waals surface area contributed by atoms with E-state index in [1.54, 1.807) is 12.1 Å². The smallest absolute Gasteiger partial charge is 0.428 e. The average molecular weight is 387 g/mol. The van der Waals surface area contributed by atoms with Crippen molar-refractivity contribution in [1.82, 2.24) is 10.2 Å². The first kappa shape index (κ1) is 22.0. The Bertz CT molecular complexity index is 517. The summed E-state index contributed by atoms with van der Waals surface area (Å²) in [4.78, 5) is 2.09. The van der Waals surface area contributed by atoms with E-state index in [2.05, 4.69) is 15.0 Å². The number of ether oxygens (including phenoxy) is 1. The minimum Gasteiger partial charge on any atom is -0.428 e. The highest BCUT2D eigenvalue weighted by atomic mass is 35.5. The molecule has 0 spiro atoms. The highest BCUT2D eigenvalue weighted by molar-refractivity contribution is 5.85. The molecule has 2 N–H and O–H groups in total. The van der Waals surface area contributed by atoms with Gasteiger partial charge in [-0.15, -0.1) is 12.4 Å². The quantitative estimate of drug-likeness (QED) is 0.674. The van der Waals surface area contributed by atoms with E-state index >= 15 is 0 Å². The van der Waals surface area contributed by atoms with Crippen LogP contribution in [0, 0.1) is 0 Å².